The highest BCUT2D eigenvalue weighted by Gasteiger charge is 2.28. The minimum atomic E-state index is -3.68. The van der Waals surface area contributed by atoms with Crippen LogP contribution in [0, 0.1) is 5.82 Å². The van der Waals surface area contributed by atoms with E-state index in [9.17, 15) is 17.6 Å². The summed E-state index contributed by atoms with van der Waals surface area (Å²) in [5.74, 6) is -0.472. The van der Waals surface area contributed by atoms with Crippen LogP contribution < -0.4 is 5.32 Å². The van der Waals surface area contributed by atoms with Crippen molar-refractivity contribution >= 4 is 16.1 Å². The first-order chi connectivity index (χ1) is 12.8. The van der Waals surface area contributed by atoms with Crippen LogP contribution in [0.25, 0.3) is 0 Å². The SMILES string of the molecule is CCCCCC(C)NC(=O)N1CCCN(S(=O)(=O)c2ccc(F)cc2)CC1. The van der Waals surface area contributed by atoms with Crippen LogP contribution >= 0.6 is 0 Å². The molecule has 0 aliphatic carbocycles. The molecule has 0 aromatic heterocycles. The van der Waals surface area contributed by atoms with E-state index in [1.54, 1.807) is 4.90 Å². The molecule has 6 nitrogen and oxygen atoms in total. The Kier molecular flexibility index (Phi) is 8.04. The summed E-state index contributed by atoms with van der Waals surface area (Å²) in [5.41, 5.74) is 0. The van der Waals surface area contributed by atoms with Crippen LogP contribution in [0.15, 0.2) is 29.2 Å². The van der Waals surface area contributed by atoms with Crippen LogP contribution in [0.4, 0.5) is 9.18 Å². The summed E-state index contributed by atoms with van der Waals surface area (Å²) in [6.45, 7) is 5.58. The van der Waals surface area contributed by atoms with Gasteiger partial charge in [-0.25, -0.2) is 17.6 Å². The molecule has 1 heterocycles. The van der Waals surface area contributed by atoms with Crippen LogP contribution in [0.1, 0.15) is 46.0 Å². The molecule has 1 aromatic rings. The van der Waals surface area contributed by atoms with Gasteiger partial charge in [-0.05, 0) is 44.0 Å². The summed E-state index contributed by atoms with van der Waals surface area (Å²) in [6, 6.07) is 4.80. The summed E-state index contributed by atoms with van der Waals surface area (Å²) < 4.78 is 39.9. The van der Waals surface area contributed by atoms with Crippen molar-refractivity contribution in [3.05, 3.63) is 30.1 Å². The highest BCUT2D eigenvalue weighted by molar-refractivity contribution is 7.89. The van der Waals surface area contributed by atoms with Crippen molar-refractivity contribution in [2.45, 2.75) is 56.9 Å². The molecule has 0 saturated carbocycles. The van der Waals surface area contributed by atoms with Gasteiger partial charge in [0, 0.05) is 32.2 Å². The number of carbonyl (C=O) groups excluding carboxylic acids is 1. The fourth-order valence-corrected chi connectivity index (χ4v) is 4.64. The average molecular weight is 400 g/mol. The third kappa shape index (κ3) is 6.17. The molecule has 1 unspecified atom stereocenters. The standard InChI is InChI=1S/C19H30FN3O3S/c1-3-4-5-7-16(2)21-19(24)22-12-6-13-23(15-14-22)27(25,26)18-10-8-17(20)9-11-18/h8-11,16H,3-7,12-15H2,1-2H3,(H,21,24). The van der Waals surface area contributed by atoms with Gasteiger partial charge < -0.3 is 10.2 Å². The number of unbranched alkanes of at least 4 members (excludes halogenated alkanes) is 2. The van der Waals surface area contributed by atoms with E-state index in [4.69, 9.17) is 0 Å². The number of amides is 2. The second-order valence-corrected chi connectivity index (χ2v) is 8.98. The van der Waals surface area contributed by atoms with Crippen molar-refractivity contribution < 1.29 is 17.6 Å². The second kappa shape index (κ2) is 10.0. The number of carbonyl (C=O) groups is 1. The molecule has 1 atom stereocenters. The van der Waals surface area contributed by atoms with Crippen LogP contribution in [-0.4, -0.2) is 55.9 Å². The lowest BCUT2D eigenvalue weighted by Crippen LogP contribution is -2.45. The summed E-state index contributed by atoms with van der Waals surface area (Å²) in [5, 5.41) is 3.01. The normalized spacial score (nSPS) is 17.4. The Hall–Kier alpha value is -1.67. The highest BCUT2D eigenvalue weighted by atomic mass is 32.2. The number of sulfonamides is 1. The largest absolute Gasteiger partial charge is 0.336 e. The third-order valence-corrected chi connectivity index (χ3v) is 6.72. The van der Waals surface area contributed by atoms with Gasteiger partial charge in [0.15, 0.2) is 0 Å². The lowest BCUT2D eigenvalue weighted by Gasteiger charge is -2.24. The van der Waals surface area contributed by atoms with Gasteiger partial charge in [0.05, 0.1) is 4.90 Å². The molecule has 1 N–H and O–H groups in total. The summed E-state index contributed by atoms with van der Waals surface area (Å²) in [4.78, 5) is 14.2. The van der Waals surface area contributed by atoms with Gasteiger partial charge in [0.2, 0.25) is 10.0 Å². The molecule has 0 radical (unpaired) electrons. The number of nitrogens with zero attached hydrogens (tertiary/aromatic N) is 2. The van der Waals surface area contributed by atoms with Crippen LogP contribution in [0.2, 0.25) is 0 Å². The quantitative estimate of drug-likeness (QED) is 0.716. The molecule has 1 fully saturated rings. The van der Waals surface area contributed by atoms with E-state index < -0.39 is 15.8 Å². The topological polar surface area (TPSA) is 69.7 Å². The van der Waals surface area contributed by atoms with E-state index in [2.05, 4.69) is 12.2 Å². The molecule has 1 aromatic carbocycles. The summed E-state index contributed by atoms with van der Waals surface area (Å²) in [7, 11) is -3.68. The molecule has 27 heavy (non-hydrogen) atoms. The first kappa shape index (κ1) is 21.6. The van der Waals surface area contributed by atoms with Crippen molar-refractivity contribution in [3.63, 3.8) is 0 Å². The number of benzene rings is 1. The fraction of sp³-hybridized carbons (Fsp3) is 0.632. The van der Waals surface area contributed by atoms with Crippen molar-refractivity contribution in [1.82, 2.24) is 14.5 Å². The predicted molar refractivity (Wildman–Crippen MR) is 103 cm³/mol. The van der Waals surface area contributed by atoms with Gasteiger partial charge >= 0.3 is 6.03 Å². The molecular weight excluding hydrogens is 369 g/mol. The van der Waals surface area contributed by atoms with Crippen LogP contribution in [0.3, 0.4) is 0 Å². The molecule has 1 saturated heterocycles. The van der Waals surface area contributed by atoms with Gasteiger partial charge in [0.1, 0.15) is 5.82 Å². The van der Waals surface area contributed by atoms with Crippen molar-refractivity contribution in [1.29, 1.82) is 0 Å². The fourth-order valence-electron chi connectivity index (χ4n) is 3.17. The lowest BCUT2D eigenvalue weighted by molar-refractivity contribution is 0.196. The lowest BCUT2D eigenvalue weighted by atomic mass is 10.1. The zero-order chi connectivity index (χ0) is 19.9. The summed E-state index contributed by atoms with van der Waals surface area (Å²) in [6.07, 6.45) is 4.89. The van der Waals surface area contributed by atoms with Gasteiger partial charge in [-0.3, -0.25) is 0 Å². The number of nitrogens with one attached hydrogen (secondary N) is 1. The number of rotatable bonds is 7. The van der Waals surface area contributed by atoms with Crippen LogP contribution in [-0.2, 0) is 10.0 Å². The Labute approximate surface area is 161 Å². The van der Waals surface area contributed by atoms with Gasteiger partial charge in [0.25, 0.3) is 0 Å². The third-order valence-electron chi connectivity index (χ3n) is 4.80. The Morgan fingerprint density at radius 2 is 1.85 bits per heavy atom. The van der Waals surface area contributed by atoms with E-state index in [0.29, 0.717) is 26.1 Å². The molecule has 0 spiro atoms. The molecular formula is C19H30FN3O3S. The molecule has 2 amide bonds. The molecule has 1 aliphatic heterocycles. The van der Waals surface area contributed by atoms with E-state index in [1.165, 1.54) is 16.4 Å². The molecule has 1 aliphatic rings. The van der Waals surface area contributed by atoms with E-state index >= 15 is 0 Å². The highest BCUT2D eigenvalue weighted by Crippen LogP contribution is 2.18. The Morgan fingerprint density at radius 3 is 2.52 bits per heavy atom. The number of hydrogen-bond donors (Lipinski definition) is 1. The van der Waals surface area contributed by atoms with E-state index in [1.807, 2.05) is 6.92 Å². The second-order valence-electron chi connectivity index (χ2n) is 7.04. The van der Waals surface area contributed by atoms with Crippen molar-refractivity contribution in [2.75, 3.05) is 26.2 Å². The Bertz CT molecular complexity index is 709. The smallest absolute Gasteiger partial charge is 0.317 e. The molecule has 0 bridgehead atoms. The monoisotopic (exact) mass is 399 g/mol. The zero-order valence-corrected chi connectivity index (χ0v) is 17.0. The number of halogens is 1. The minimum Gasteiger partial charge on any atom is -0.336 e. The first-order valence-electron chi connectivity index (χ1n) is 9.65. The maximum absolute atomic E-state index is 13.1. The number of urea groups is 1. The van der Waals surface area contributed by atoms with E-state index in [0.717, 1.165) is 37.8 Å². The van der Waals surface area contributed by atoms with Crippen molar-refractivity contribution in [3.8, 4) is 0 Å². The Balaban J connectivity index is 1.92. The molecule has 2 rings (SSSR count). The molecule has 152 valence electrons. The Morgan fingerprint density at radius 1 is 1.15 bits per heavy atom. The van der Waals surface area contributed by atoms with Gasteiger partial charge in [-0.15, -0.1) is 0 Å². The van der Waals surface area contributed by atoms with E-state index in [-0.39, 0.29) is 23.5 Å². The first-order valence-corrected chi connectivity index (χ1v) is 11.1. The predicted octanol–water partition coefficient (Wildman–Crippen LogP) is 3.20. The van der Waals surface area contributed by atoms with Gasteiger partial charge in [-0.2, -0.15) is 4.31 Å². The number of hydrogen-bond acceptors (Lipinski definition) is 3. The van der Waals surface area contributed by atoms with Crippen LogP contribution in [0.5, 0.6) is 0 Å². The van der Waals surface area contributed by atoms with Crippen molar-refractivity contribution in [2.24, 2.45) is 0 Å². The zero-order valence-electron chi connectivity index (χ0n) is 16.2. The maximum atomic E-state index is 13.1. The summed E-state index contributed by atoms with van der Waals surface area (Å²) >= 11 is 0. The maximum Gasteiger partial charge on any atom is 0.317 e. The van der Waals surface area contributed by atoms with Gasteiger partial charge in [-0.1, -0.05) is 26.2 Å². The molecule has 8 heteroatoms. The average Bonchev–Trinajstić information content (AvgIpc) is 2.89. The minimum absolute atomic E-state index is 0.0753.